The molecule has 37 heavy (non-hydrogen) atoms. The van der Waals surface area contributed by atoms with Gasteiger partial charge in [-0.1, -0.05) is 0 Å². The van der Waals surface area contributed by atoms with Crippen molar-refractivity contribution < 1.29 is 4.39 Å². The average Bonchev–Trinajstić information content (AvgIpc) is 3.22. The van der Waals surface area contributed by atoms with Gasteiger partial charge in [0.1, 0.15) is 23.0 Å². The summed E-state index contributed by atoms with van der Waals surface area (Å²) >= 11 is 0. The van der Waals surface area contributed by atoms with Crippen LogP contribution in [0.2, 0.25) is 0 Å². The summed E-state index contributed by atoms with van der Waals surface area (Å²) in [6, 6.07) is 8.15. The lowest BCUT2D eigenvalue weighted by Gasteiger charge is -2.34. The number of imidazole rings is 1. The van der Waals surface area contributed by atoms with E-state index in [-0.39, 0.29) is 11.9 Å². The third-order valence-electron chi connectivity index (χ3n) is 7.17. The maximum atomic E-state index is 15.0. The first-order valence-corrected chi connectivity index (χ1v) is 12.9. The predicted molar refractivity (Wildman–Crippen MR) is 145 cm³/mol. The highest BCUT2D eigenvalue weighted by Crippen LogP contribution is 2.30. The quantitative estimate of drug-likeness (QED) is 0.373. The van der Waals surface area contributed by atoms with Gasteiger partial charge >= 0.3 is 0 Å². The van der Waals surface area contributed by atoms with Crippen LogP contribution >= 0.6 is 0 Å². The molecule has 1 aliphatic rings. The molecule has 0 atom stereocenters. The van der Waals surface area contributed by atoms with Crippen molar-refractivity contribution in [1.82, 2.24) is 34.3 Å². The number of hydrogen-bond donors (Lipinski definition) is 1. The fraction of sp³-hybridized carbons (Fsp3) is 0.429. The van der Waals surface area contributed by atoms with Gasteiger partial charge in [0.05, 0.1) is 23.6 Å². The minimum atomic E-state index is -0.325. The molecular weight excluding hydrogens is 467 g/mol. The van der Waals surface area contributed by atoms with E-state index in [0.717, 1.165) is 47.8 Å². The minimum absolute atomic E-state index is 0.181. The lowest BCUT2D eigenvalue weighted by molar-refractivity contribution is 0.139. The molecule has 194 valence electrons. The first-order chi connectivity index (χ1) is 17.8. The molecule has 0 aliphatic carbocycles. The molecule has 0 saturated carbocycles. The van der Waals surface area contributed by atoms with E-state index >= 15 is 0 Å². The Morgan fingerprint density at radius 2 is 1.81 bits per heavy atom. The molecule has 1 aliphatic heterocycles. The van der Waals surface area contributed by atoms with Gasteiger partial charge in [0.15, 0.2) is 5.82 Å². The number of hydrogen-bond acceptors (Lipinski definition) is 7. The summed E-state index contributed by atoms with van der Waals surface area (Å²) in [6.07, 6.45) is 7.63. The molecule has 1 saturated heterocycles. The minimum Gasteiger partial charge on any atom is -0.326 e. The molecule has 1 fully saturated rings. The number of aromatic nitrogens is 5. The SMILES string of the molecule is Cc1nc2c(F)cc(-c3ccnc(Nc4cnc(CN5CCC(N(C)C)CC5)cn4)c3)cc2n1C(C)C. The van der Waals surface area contributed by atoms with E-state index in [4.69, 9.17) is 0 Å². The predicted octanol–water partition coefficient (Wildman–Crippen LogP) is 5.19. The van der Waals surface area contributed by atoms with Crippen LogP contribution in [0.1, 0.15) is 44.2 Å². The van der Waals surface area contributed by atoms with E-state index in [0.29, 0.717) is 23.2 Å². The van der Waals surface area contributed by atoms with Crippen LogP contribution in [0, 0.1) is 12.7 Å². The maximum Gasteiger partial charge on any atom is 0.151 e. The second-order valence-corrected chi connectivity index (χ2v) is 10.4. The van der Waals surface area contributed by atoms with Crippen LogP contribution in [0.3, 0.4) is 0 Å². The van der Waals surface area contributed by atoms with E-state index in [2.05, 4.69) is 67.6 Å². The lowest BCUT2D eigenvalue weighted by Crippen LogP contribution is -2.41. The molecule has 3 aromatic heterocycles. The number of fused-ring (bicyclic) bond motifs is 1. The highest BCUT2D eigenvalue weighted by atomic mass is 19.1. The second kappa shape index (κ2) is 10.5. The van der Waals surface area contributed by atoms with E-state index in [1.165, 1.54) is 18.9 Å². The Hall–Kier alpha value is -3.43. The largest absolute Gasteiger partial charge is 0.326 e. The van der Waals surface area contributed by atoms with E-state index in [9.17, 15) is 4.39 Å². The number of aryl methyl sites for hydroxylation is 1. The topological polar surface area (TPSA) is 75.0 Å². The number of likely N-dealkylation sites (tertiary alicyclic amines) is 1. The molecule has 0 bridgehead atoms. The third kappa shape index (κ3) is 5.47. The van der Waals surface area contributed by atoms with Crippen LogP contribution in [0.15, 0.2) is 42.9 Å². The van der Waals surface area contributed by atoms with Gasteiger partial charge in [0, 0.05) is 37.9 Å². The Morgan fingerprint density at radius 1 is 1.03 bits per heavy atom. The van der Waals surface area contributed by atoms with Crippen LogP contribution in [0.4, 0.5) is 16.0 Å². The summed E-state index contributed by atoms with van der Waals surface area (Å²) in [7, 11) is 4.31. The Bertz CT molecular complexity index is 1370. The number of benzene rings is 1. The van der Waals surface area contributed by atoms with Crippen molar-refractivity contribution in [2.45, 2.75) is 52.2 Å². The molecule has 5 rings (SSSR count). The summed E-state index contributed by atoms with van der Waals surface area (Å²) < 4.78 is 17.0. The smallest absolute Gasteiger partial charge is 0.151 e. The average molecular weight is 503 g/mol. The summed E-state index contributed by atoms with van der Waals surface area (Å²) in [5, 5.41) is 3.23. The Morgan fingerprint density at radius 3 is 2.49 bits per heavy atom. The Balaban J connectivity index is 1.29. The summed E-state index contributed by atoms with van der Waals surface area (Å²) in [5.41, 5.74) is 3.78. The highest BCUT2D eigenvalue weighted by Gasteiger charge is 2.21. The zero-order valence-electron chi connectivity index (χ0n) is 22.2. The highest BCUT2D eigenvalue weighted by molar-refractivity contribution is 5.84. The fourth-order valence-electron chi connectivity index (χ4n) is 5.22. The first kappa shape index (κ1) is 25.2. The fourth-order valence-corrected chi connectivity index (χ4v) is 5.22. The number of anilines is 2. The molecule has 0 spiro atoms. The van der Waals surface area contributed by atoms with E-state index in [1.54, 1.807) is 12.4 Å². The van der Waals surface area contributed by atoms with Gasteiger partial charge in [0.2, 0.25) is 0 Å². The van der Waals surface area contributed by atoms with Crippen molar-refractivity contribution in [1.29, 1.82) is 0 Å². The zero-order valence-corrected chi connectivity index (χ0v) is 22.2. The molecule has 1 N–H and O–H groups in total. The van der Waals surface area contributed by atoms with Crippen LogP contribution in [0.5, 0.6) is 0 Å². The zero-order chi connectivity index (χ0) is 26.1. The molecule has 0 unspecified atom stereocenters. The van der Waals surface area contributed by atoms with Gasteiger partial charge in [0.25, 0.3) is 0 Å². The van der Waals surface area contributed by atoms with Crippen molar-refractivity contribution in [3.05, 3.63) is 60.2 Å². The summed E-state index contributed by atoms with van der Waals surface area (Å²) in [4.78, 5) is 22.8. The van der Waals surface area contributed by atoms with Crippen molar-refractivity contribution in [3.8, 4) is 11.1 Å². The van der Waals surface area contributed by atoms with Gasteiger partial charge in [-0.3, -0.25) is 9.88 Å². The Kier molecular flexibility index (Phi) is 7.17. The maximum absolute atomic E-state index is 15.0. The van der Waals surface area contributed by atoms with Gasteiger partial charge in [-0.2, -0.15) is 0 Å². The van der Waals surface area contributed by atoms with Crippen molar-refractivity contribution in [2.24, 2.45) is 0 Å². The molecule has 8 nitrogen and oxygen atoms in total. The molecule has 4 heterocycles. The van der Waals surface area contributed by atoms with Crippen molar-refractivity contribution >= 4 is 22.7 Å². The number of nitrogens with zero attached hydrogens (tertiary/aromatic N) is 7. The number of pyridine rings is 1. The van der Waals surface area contributed by atoms with Gasteiger partial charge in [-0.05, 0) is 83.1 Å². The Labute approximate surface area is 217 Å². The monoisotopic (exact) mass is 502 g/mol. The van der Waals surface area contributed by atoms with Crippen LogP contribution < -0.4 is 5.32 Å². The van der Waals surface area contributed by atoms with E-state index in [1.807, 2.05) is 31.3 Å². The van der Waals surface area contributed by atoms with Crippen molar-refractivity contribution in [2.75, 3.05) is 32.5 Å². The molecule has 4 aromatic rings. The third-order valence-corrected chi connectivity index (χ3v) is 7.17. The van der Waals surface area contributed by atoms with Crippen molar-refractivity contribution in [3.63, 3.8) is 0 Å². The number of halogens is 1. The molecule has 0 amide bonds. The van der Waals surface area contributed by atoms with Gasteiger partial charge < -0.3 is 14.8 Å². The molecular formula is C28H35FN8. The lowest BCUT2D eigenvalue weighted by atomic mass is 10.0. The molecule has 9 heteroatoms. The first-order valence-electron chi connectivity index (χ1n) is 12.9. The van der Waals surface area contributed by atoms with Crippen LogP contribution in [0.25, 0.3) is 22.2 Å². The summed E-state index contributed by atoms with van der Waals surface area (Å²) in [6.45, 7) is 9.02. The summed E-state index contributed by atoms with van der Waals surface area (Å²) in [5.74, 6) is 1.72. The number of rotatable bonds is 7. The second-order valence-electron chi connectivity index (χ2n) is 10.4. The molecule has 1 aromatic carbocycles. The standard InChI is InChI=1S/C28H35FN8/c1-18(2)37-19(3)33-28-24(29)12-21(13-25(28)37)20-6-9-30-26(14-20)34-27-16-31-22(15-32-27)17-36-10-7-23(8-11-36)35(4)5/h6,9,12-16,18,23H,7-8,10-11,17H2,1-5H3,(H,30,32,34). The van der Waals surface area contributed by atoms with Crippen LogP contribution in [-0.2, 0) is 6.54 Å². The normalized spacial score (nSPS) is 15.2. The van der Waals surface area contributed by atoms with Gasteiger partial charge in [-0.25, -0.2) is 19.3 Å². The van der Waals surface area contributed by atoms with Crippen LogP contribution in [-0.4, -0.2) is 67.5 Å². The number of nitrogens with one attached hydrogen (secondary N) is 1. The molecule has 0 radical (unpaired) electrons. The number of piperidine rings is 1. The van der Waals surface area contributed by atoms with Gasteiger partial charge in [-0.15, -0.1) is 0 Å². The van der Waals surface area contributed by atoms with E-state index < -0.39 is 0 Å².